The number of aliphatic hydroxyl groups is 8. The first-order chi connectivity index (χ1) is 16.5. The summed E-state index contributed by atoms with van der Waals surface area (Å²) in [7, 11) is 0. The Bertz CT molecular complexity index is 544. The number of Topliss-reactive ketones (excluding diaryl/α,β-unsaturated/α-hetero) is 1. The summed E-state index contributed by atoms with van der Waals surface area (Å²) in [5.74, 6) is -0.118. The molecule has 2 aliphatic rings. The van der Waals surface area contributed by atoms with Crippen LogP contribution in [0.25, 0.3) is 0 Å². The van der Waals surface area contributed by atoms with Gasteiger partial charge in [-0.05, 0) is 46.2 Å². The van der Waals surface area contributed by atoms with Crippen molar-refractivity contribution in [3.63, 3.8) is 0 Å². The summed E-state index contributed by atoms with van der Waals surface area (Å²) in [4.78, 5) is 10.7. The van der Waals surface area contributed by atoms with E-state index in [0.29, 0.717) is 25.9 Å². The Morgan fingerprint density at radius 2 is 1.36 bits per heavy atom. The zero-order valence-corrected chi connectivity index (χ0v) is 20.6. The van der Waals surface area contributed by atoms with Crippen molar-refractivity contribution in [1.29, 1.82) is 0 Å². The van der Waals surface area contributed by atoms with Crippen LogP contribution in [0.4, 0.5) is 0 Å². The summed E-state index contributed by atoms with van der Waals surface area (Å²) in [6.45, 7) is 4.99. The van der Waals surface area contributed by atoms with Crippen LogP contribution < -0.4 is 11.1 Å². The summed E-state index contributed by atoms with van der Waals surface area (Å²) in [5, 5.41) is 76.0. The molecule has 2 rings (SSSR count). The minimum absolute atomic E-state index is 0. The summed E-state index contributed by atoms with van der Waals surface area (Å²) < 4.78 is 10.3. The van der Waals surface area contributed by atoms with E-state index in [-0.39, 0.29) is 52.1 Å². The molecule has 11 N–H and O–H groups in total. The number of hydrogen-bond donors (Lipinski definition) is 10. The number of ketones is 1. The van der Waals surface area contributed by atoms with Crippen molar-refractivity contribution in [2.24, 2.45) is 5.73 Å². The number of nitrogens with one attached hydrogen (secondary N) is 1. The molecule has 0 aromatic heterocycles. The lowest BCUT2D eigenvalue weighted by molar-refractivity contribution is -0.189. The highest BCUT2D eigenvalue weighted by atomic mass is 16.5. The highest BCUT2D eigenvalue weighted by molar-refractivity contribution is 5.76. The van der Waals surface area contributed by atoms with Crippen molar-refractivity contribution in [1.82, 2.24) is 5.32 Å². The lowest BCUT2D eigenvalue weighted by Crippen LogP contribution is -2.54. The first-order valence-electron chi connectivity index (χ1n) is 12.0. The van der Waals surface area contributed by atoms with Gasteiger partial charge in [0.2, 0.25) is 0 Å². The Balaban J connectivity index is 0. The fourth-order valence-electron chi connectivity index (χ4n) is 3.35. The molecule has 13 heteroatoms. The van der Waals surface area contributed by atoms with Crippen LogP contribution in [0.1, 0.15) is 47.0 Å². The van der Waals surface area contributed by atoms with E-state index in [9.17, 15) is 30.3 Å². The second-order valence-corrected chi connectivity index (χ2v) is 8.78. The average Bonchev–Trinajstić information content (AvgIpc) is 2.81. The van der Waals surface area contributed by atoms with Crippen LogP contribution in [-0.2, 0) is 14.3 Å². The molecule has 9 atom stereocenters. The van der Waals surface area contributed by atoms with Crippen LogP contribution >= 0.6 is 0 Å². The predicted molar refractivity (Wildman–Crippen MR) is 132 cm³/mol. The molecule has 0 radical (unpaired) electrons. The zero-order valence-electron chi connectivity index (χ0n) is 20.6. The Hall–Kier alpha value is -0.810. The largest absolute Gasteiger partial charge is 0.396 e. The Kier molecular flexibility index (Phi) is 21.9. The molecule has 2 heterocycles. The van der Waals surface area contributed by atoms with Crippen molar-refractivity contribution in [2.75, 3.05) is 39.5 Å². The zero-order chi connectivity index (χ0) is 27.0. The maximum absolute atomic E-state index is 10.7. The SMILES string of the molecule is C.CC(=O)C[C@@H]1OC[C@@H](O)[C@H](O)[C@H]1O.CC(C[C@@H]1OC[C@@H](O)[C@H](O)[C@H]1O)NCCCO.NCCCO. The van der Waals surface area contributed by atoms with Gasteiger partial charge in [0.05, 0.1) is 25.4 Å². The molecule has 0 aliphatic carbocycles. The quantitative estimate of drug-likeness (QED) is 0.124. The maximum Gasteiger partial charge on any atom is 0.132 e. The second kappa shape index (κ2) is 21.2. The van der Waals surface area contributed by atoms with Crippen LogP contribution in [0.3, 0.4) is 0 Å². The maximum atomic E-state index is 10.7. The third kappa shape index (κ3) is 14.8. The topological polar surface area (TPSA) is 235 Å². The van der Waals surface area contributed by atoms with Gasteiger partial charge in [0.25, 0.3) is 0 Å². The number of rotatable bonds is 10. The molecular formula is C23H50N2O11. The van der Waals surface area contributed by atoms with Crippen LogP contribution in [0.5, 0.6) is 0 Å². The molecule has 0 aromatic rings. The number of carbonyl (C=O) groups is 1. The van der Waals surface area contributed by atoms with Crippen molar-refractivity contribution >= 4 is 5.78 Å². The Morgan fingerprint density at radius 3 is 1.78 bits per heavy atom. The Labute approximate surface area is 213 Å². The molecule has 1 unspecified atom stereocenters. The van der Waals surface area contributed by atoms with Gasteiger partial charge < -0.3 is 61.4 Å². The lowest BCUT2D eigenvalue weighted by Gasteiger charge is -2.36. The molecule has 0 saturated carbocycles. The highest BCUT2D eigenvalue weighted by Crippen LogP contribution is 2.19. The fourth-order valence-corrected chi connectivity index (χ4v) is 3.35. The molecule has 36 heavy (non-hydrogen) atoms. The molecule has 2 saturated heterocycles. The summed E-state index contributed by atoms with van der Waals surface area (Å²) in [6.07, 6.45) is -5.84. The predicted octanol–water partition coefficient (Wildman–Crippen LogP) is -3.37. The molecule has 0 amide bonds. The van der Waals surface area contributed by atoms with E-state index in [1.807, 2.05) is 6.92 Å². The fraction of sp³-hybridized carbons (Fsp3) is 0.957. The summed E-state index contributed by atoms with van der Waals surface area (Å²) in [6, 6.07) is 0.114. The molecule has 13 nitrogen and oxygen atoms in total. The van der Waals surface area contributed by atoms with Gasteiger partial charge in [-0.2, -0.15) is 0 Å². The average molecular weight is 531 g/mol. The number of nitrogens with two attached hydrogens (primary N) is 1. The van der Waals surface area contributed by atoms with Gasteiger partial charge in [-0.25, -0.2) is 0 Å². The van der Waals surface area contributed by atoms with Gasteiger partial charge >= 0.3 is 0 Å². The normalized spacial score (nSPS) is 32.6. The van der Waals surface area contributed by atoms with Crippen molar-refractivity contribution < 1.29 is 55.1 Å². The minimum atomic E-state index is -1.22. The van der Waals surface area contributed by atoms with Crippen LogP contribution in [0.15, 0.2) is 0 Å². The van der Waals surface area contributed by atoms with Gasteiger partial charge in [-0.1, -0.05) is 7.43 Å². The monoisotopic (exact) mass is 530 g/mol. The van der Waals surface area contributed by atoms with Gasteiger partial charge in [0, 0.05) is 25.7 Å². The second-order valence-electron chi connectivity index (χ2n) is 8.78. The molecule has 2 fully saturated rings. The number of carbonyl (C=O) groups excluding carboxylic acids is 1. The minimum Gasteiger partial charge on any atom is -0.396 e. The molecule has 0 bridgehead atoms. The smallest absolute Gasteiger partial charge is 0.132 e. The number of aliphatic hydroxyl groups excluding tert-OH is 8. The van der Waals surface area contributed by atoms with E-state index in [4.69, 9.17) is 30.5 Å². The van der Waals surface area contributed by atoms with E-state index >= 15 is 0 Å². The Morgan fingerprint density at radius 1 is 0.889 bits per heavy atom. The molecule has 2 aliphatic heterocycles. The van der Waals surface area contributed by atoms with E-state index in [1.165, 1.54) is 6.92 Å². The third-order valence-corrected chi connectivity index (χ3v) is 5.48. The van der Waals surface area contributed by atoms with E-state index < -0.39 is 48.8 Å². The third-order valence-electron chi connectivity index (χ3n) is 5.48. The van der Waals surface area contributed by atoms with E-state index in [2.05, 4.69) is 5.32 Å². The van der Waals surface area contributed by atoms with Gasteiger partial charge in [0.1, 0.15) is 42.4 Å². The van der Waals surface area contributed by atoms with Crippen molar-refractivity contribution in [3.05, 3.63) is 0 Å². The van der Waals surface area contributed by atoms with Crippen molar-refractivity contribution in [2.45, 2.75) is 102 Å². The van der Waals surface area contributed by atoms with Crippen LogP contribution in [0, 0.1) is 0 Å². The van der Waals surface area contributed by atoms with E-state index in [0.717, 1.165) is 6.42 Å². The highest BCUT2D eigenvalue weighted by Gasteiger charge is 2.38. The van der Waals surface area contributed by atoms with Gasteiger partial charge in [0.15, 0.2) is 0 Å². The molecule has 0 aromatic carbocycles. The first kappa shape index (κ1) is 37.3. The number of ether oxygens (including phenoxy) is 2. The van der Waals surface area contributed by atoms with Crippen LogP contribution in [0.2, 0.25) is 0 Å². The lowest BCUT2D eigenvalue weighted by atomic mass is 9.95. The standard InChI is InChI=1S/C11H23NO5.C8H14O5.C3H9NO.CH4/c1-7(12-3-2-4-13)5-9-11(16)10(15)8(14)6-17-9;1-4(9)2-6-8(12)7(11)5(10)3-13-6;4-2-1-3-5;/h7-16H,2-6H2,1H3;5-8,10-12H,2-3H2,1H3;5H,1-4H2;1H4/t7?,8-,9+,10+,11+;5-,6+,7+,8+;;/m11../s1. The summed E-state index contributed by atoms with van der Waals surface area (Å²) in [5.41, 5.74) is 4.98. The molecular weight excluding hydrogens is 480 g/mol. The van der Waals surface area contributed by atoms with Crippen molar-refractivity contribution in [3.8, 4) is 0 Å². The van der Waals surface area contributed by atoms with Gasteiger partial charge in [-0.15, -0.1) is 0 Å². The van der Waals surface area contributed by atoms with E-state index in [1.54, 1.807) is 0 Å². The molecule has 0 spiro atoms. The first-order valence-corrected chi connectivity index (χ1v) is 12.0. The van der Waals surface area contributed by atoms with Crippen LogP contribution in [-0.4, -0.2) is 141 Å². The molecule has 218 valence electrons. The number of hydrogen-bond acceptors (Lipinski definition) is 13. The van der Waals surface area contributed by atoms with Gasteiger partial charge in [-0.3, -0.25) is 4.79 Å². The summed E-state index contributed by atoms with van der Waals surface area (Å²) >= 11 is 0.